The van der Waals surface area contributed by atoms with Gasteiger partial charge in [0.05, 0.1) is 11.1 Å². The van der Waals surface area contributed by atoms with E-state index in [1.807, 2.05) is 13.8 Å². The third kappa shape index (κ3) is 7.06. The van der Waals surface area contributed by atoms with Crippen molar-refractivity contribution >= 4 is 62.6 Å². The molecule has 0 atom stereocenters. The Bertz CT molecular complexity index is 1820. The lowest BCUT2D eigenvalue weighted by Crippen LogP contribution is -2.35. The molecule has 15 heteroatoms. The SMILES string of the molecule is CCN(CC)CCNC(=O)c1c(C)[nH]c(/C=C2\C(=O)Nc3ccc(C=NS(=O)(=O)c4nn(C)c(=NC(C)=O)s4)cc32)c1C. The smallest absolute Gasteiger partial charge is 0.311 e. The maximum atomic E-state index is 13.0. The first kappa shape index (κ1) is 31.7. The van der Waals surface area contributed by atoms with Gasteiger partial charge in [-0.3, -0.25) is 14.4 Å². The van der Waals surface area contributed by atoms with E-state index in [1.54, 1.807) is 24.3 Å². The molecule has 0 bridgehead atoms. The average molecular weight is 627 g/mol. The number of sulfonamides is 1. The molecule has 1 aliphatic heterocycles. The van der Waals surface area contributed by atoms with E-state index in [1.165, 1.54) is 24.9 Å². The van der Waals surface area contributed by atoms with Crippen molar-refractivity contribution in [2.75, 3.05) is 31.5 Å². The monoisotopic (exact) mass is 626 g/mol. The molecule has 3 aromatic rings. The molecule has 43 heavy (non-hydrogen) atoms. The van der Waals surface area contributed by atoms with Crippen molar-refractivity contribution in [2.45, 2.75) is 39.0 Å². The second-order valence-electron chi connectivity index (χ2n) is 9.88. The van der Waals surface area contributed by atoms with Crippen LogP contribution < -0.4 is 15.4 Å². The molecule has 0 saturated heterocycles. The third-order valence-electron chi connectivity index (χ3n) is 6.93. The number of benzene rings is 1. The molecule has 3 heterocycles. The number of H-pyrrole nitrogens is 1. The molecule has 3 N–H and O–H groups in total. The van der Waals surface area contributed by atoms with Crippen LogP contribution in [0.5, 0.6) is 0 Å². The molecule has 3 amide bonds. The van der Waals surface area contributed by atoms with Gasteiger partial charge >= 0.3 is 10.0 Å². The van der Waals surface area contributed by atoms with E-state index in [2.05, 4.69) is 48.9 Å². The number of likely N-dealkylation sites (N-methyl/N-ethyl adjacent to an activating group) is 1. The number of carbonyl (C=O) groups excluding carboxylic acids is 3. The zero-order chi connectivity index (χ0) is 31.5. The number of nitrogens with one attached hydrogen (secondary N) is 3. The van der Waals surface area contributed by atoms with Gasteiger partial charge in [-0.15, -0.1) is 5.10 Å². The number of hydrogen-bond donors (Lipinski definition) is 3. The minimum absolute atomic E-state index is 0.133. The van der Waals surface area contributed by atoms with Crippen LogP contribution in [0.25, 0.3) is 11.6 Å². The summed E-state index contributed by atoms with van der Waals surface area (Å²) in [6.07, 6.45) is 2.85. The Hall–Kier alpha value is -4.21. The highest BCUT2D eigenvalue weighted by atomic mass is 32.2. The number of nitrogens with zero attached hydrogens (tertiary/aromatic N) is 5. The van der Waals surface area contributed by atoms with Crippen LogP contribution in [0.2, 0.25) is 0 Å². The summed E-state index contributed by atoms with van der Waals surface area (Å²) in [5, 5.41) is 9.72. The molecule has 13 nitrogen and oxygen atoms in total. The predicted octanol–water partition coefficient (Wildman–Crippen LogP) is 2.25. The van der Waals surface area contributed by atoms with Crippen molar-refractivity contribution in [3.63, 3.8) is 0 Å². The summed E-state index contributed by atoms with van der Waals surface area (Å²) in [6.45, 7) is 12.1. The van der Waals surface area contributed by atoms with E-state index >= 15 is 0 Å². The summed E-state index contributed by atoms with van der Waals surface area (Å²) < 4.78 is 30.2. The molecule has 0 unspecified atom stereocenters. The maximum Gasteiger partial charge on any atom is 0.311 e. The van der Waals surface area contributed by atoms with E-state index in [0.29, 0.717) is 51.4 Å². The number of amides is 3. The van der Waals surface area contributed by atoms with Gasteiger partial charge in [-0.25, -0.2) is 4.68 Å². The van der Waals surface area contributed by atoms with Crippen LogP contribution in [0.1, 0.15) is 59.2 Å². The normalized spacial score (nSPS) is 14.6. The summed E-state index contributed by atoms with van der Waals surface area (Å²) in [7, 11) is -2.69. The highest BCUT2D eigenvalue weighted by Gasteiger charge is 2.26. The molecular weight excluding hydrogens is 592 g/mol. The van der Waals surface area contributed by atoms with Gasteiger partial charge in [-0.2, -0.15) is 17.8 Å². The number of aromatic amines is 1. The van der Waals surface area contributed by atoms with Gasteiger partial charge < -0.3 is 20.5 Å². The average Bonchev–Trinajstić information content (AvgIpc) is 3.57. The van der Waals surface area contributed by atoms with Crippen LogP contribution in [-0.4, -0.2) is 78.2 Å². The van der Waals surface area contributed by atoms with Gasteiger partial charge in [-0.1, -0.05) is 31.3 Å². The van der Waals surface area contributed by atoms with Crippen LogP contribution >= 0.6 is 11.3 Å². The first-order chi connectivity index (χ1) is 20.3. The van der Waals surface area contributed by atoms with Crippen molar-refractivity contribution in [3.05, 3.63) is 56.6 Å². The first-order valence-electron chi connectivity index (χ1n) is 13.6. The summed E-state index contributed by atoms with van der Waals surface area (Å²) in [4.78, 5) is 46.5. The number of aromatic nitrogens is 3. The van der Waals surface area contributed by atoms with Crippen molar-refractivity contribution in [1.29, 1.82) is 0 Å². The highest BCUT2D eigenvalue weighted by molar-refractivity contribution is 7.92. The second-order valence-corrected chi connectivity index (χ2v) is 12.6. The van der Waals surface area contributed by atoms with Crippen LogP contribution in [-0.2, 0) is 26.7 Å². The fourth-order valence-corrected chi connectivity index (χ4v) is 6.64. The molecule has 228 valence electrons. The highest BCUT2D eigenvalue weighted by Crippen LogP contribution is 2.34. The lowest BCUT2D eigenvalue weighted by Gasteiger charge is -2.18. The molecular formula is C28H34N8O5S2. The summed E-state index contributed by atoms with van der Waals surface area (Å²) >= 11 is 0.730. The molecule has 0 spiro atoms. The van der Waals surface area contributed by atoms with Crippen LogP contribution in [0.4, 0.5) is 5.69 Å². The van der Waals surface area contributed by atoms with E-state index in [-0.39, 0.29) is 21.0 Å². The molecule has 1 aliphatic rings. The zero-order valence-electron chi connectivity index (χ0n) is 24.8. The number of anilines is 1. The number of fused-ring (bicyclic) bond motifs is 1. The van der Waals surface area contributed by atoms with Crippen molar-refractivity contribution < 1.29 is 22.8 Å². The Kier molecular flexibility index (Phi) is 9.57. The Morgan fingerprint density at radius 2 is 1.93 bits per heavy atom. The van der Waals surface area contributed by atoms with Crippen molar-refractivity contribution in [1.82, 2.24) is 25.0 Å². The van der Waals surface area contributed by atoms with Crippen LogP contribution in [0.3, 0.4) is 0 Å². The molecule has 0 saturated carbocycles. The Balaban J connectivity index is 1.59. The molecule has 0 fully saturated rings. The van der Waals surface area contributed by atoms with E-state index in [4.69, 9.17) is 0 Å². The number of hydrogen-bond acceptors (Lipinski definition) is 8. The zero-order valence-corrected chi connectivity index (χ0v) is 26.4. The van der Waals surface area contributed by atoms with E-state index in [0.717, 1.165) is 31.0 Å². The van der Waals surface area contributed by atoms with Gasteiger partial charge in [0.2, 0.25) is 10.7 Å². The Morgan fingerprint density at radius 1 is 1.21 bits per heavy atom. The molecule has 2 aromatic heterocycles. The molecule has 1 aromatic carbocycles. The van der Waals surface area contributed by atoms with E-state index in [9.17, 15) is 22.8 Å². The Labute approximate surface area is 253 Å². The number of aryl methyl sites for hydroxylation is 2. The van der Waals surface area contributed by atoms with Crippen molar-refractivity contribution in [3.8, 4) is 0 Å². The van der Waals surface area contributed by atoms with Gasteiger partial charge in [0.1, 0.15) is 0 Å². The summed E-state index contributed by atoms with van der Waals surface area (Å²) in [5.74, 6) is -0.993. The largest absolute Gasteiger partial charge is 0.358 e. The Morgan fingerprint density at radius 3 is 2.60 bits per heavy atom. The maximum absolute atomic E-state index is 13.0. The van der Waals surface area contributed by atoms with Gasteiger partial charge in [0.25, 0.3) is 16.2 Å². The van der Waals surface area contributed by atoms with Crippen molar-refractivity contribution in [2.24, 2.45) is 16.4 Å². The lowest BCUT2D eigenvalue weighted by atomic mass is 10.0. The van der Waals surface area contributed by atoms with E-state index < -0.39 is 15.9 Å². The first-order valence-corrected chi connectivity index (χ1v) is 15.9. The quantitative estimate of drug-likeness (QED) is 0.229. The van der Waals surface area contributed by atoms with Crippen LogP contribution in [0, 0.1) is 13.8 Å². The van der Waals surface area contributed by atoms with Gasteiger partial charge in [-0.05, 0) is 56.3 Å². The van der Waals surface area contributed by atoms with Crippen LogP contribution in [0.15, 0.2) is 31.9 Å². The summed E-state index contributed by atoms with van der Waals surface area (Å²) in [5.41, 5.74) is 4.47. The fourth-order valence-electron chi connectivity index (χ4n) is 4.63. The number of carbonyl (C=O) groups is 3. The second kappa shape index (κ2) is 13.0. The topological polar surface area (TPSA) is 171 Å². The molecule has 0 aliphatic carbocycles. The third-order valence-corrected chi connectivity index (χ3v) is 9.51. The predicted molar refractivity (Wildman–Crippen MR) is 165 cm³/mol. The fraction of sp³-hybridized carbons (Fsp3) is 0.357. The van der Waals surface area contributed by atoms with Gasteiger partial charge in [0.15, 0.2) is 0 Å². The summed E-state index contributed by atoms with van der Waals surface area (Å²) in [6, 6.07) is 4.95. The lowest BCUT2D eigenvalue weighted by molar-refractivity contribution is -0.116. The minimum Gasteiger partial charge on any atom is -0.358 e. The molecule has 0 radical (unpaired) electrons. The van der Waals surface area contributed by atoms with Gasteiger partial charge in [0, 0.05) is 55.9 Å². The minimum atomic E-state index is -4.17. The standard InChI is InChI=1S/C28H34N8O5S2/c1-7-36(8-2)12-11-29-26(39)24-16(3)23(31-17(24)4)14-21-20-13-19(9-10-22(20)33-25(21)38)15-30-43(40,41)28-34-35(6)27(42-28)32-18(5)37/h9-10,13-15,31H,7-8,11-12H2,1-6H3,(H,29,39)(H,33,38)/b21-14-,30-15?,32-27?. The number of rotatable bonds is 10. The molecule has 4 rings (SSSR count).